The molecule has 6 heteroatoms. The van der Waals surface area contributed by atoms with Crippen molar-refractivity contribution in [1.82, 2.24) is 10.3 Å². The maximum atomic E-state index is 12.1. The van der Waals surface area contributed by atoms with E-state index < -0.39 is 11.7 Å². The molecule has 1 aromatic heterocycles. The molecule has 1 aromatic rings. The lowest BCUT2D eigenvalue weighted by molar-refractivity contribution is 0.0525. The predicted octanol–water partition coefficient (Wildman–Crippen LogP) is 2.97. The zero-order chi connectivity index (χ0) is 16.6. The topological polar surface area (TPSA) is 77.5 Å². The molecule has 0 aliphatic rings. The fourth-order valence-electron chi connectivity index (χ4n) is 1.74. The lowest BCUT2D eigenvalue weighted by Gasteiger charge is -2.19. The van der Waals surface area contributed by atoms with Crippen LogP contribution in [0.4, 0.5) is 4.79 Å². The Hall–Kier alpha value is -2.11. The van der Waals surface area contributed by atoms with Gasteiger partial charge in [-0.25, -0.2) is 9.78 Å². The molecule has 0 bridgehead atoms. The number of hydrogen-bond acceptors (Lipinski definition) is 5. The zero-order valence-electron chi connectivity index (χ0n) is 13.6. The fourth-order valence-corrected chi connectivity index (χ4v) is 1.74. The maximum absolute atomic E-state index is 12.1. The highest BCUT2D eigenvalue weighted by molar-refractivity contribution is 5.98. The number of aromatic nitrogens is 1. The number of ketones is 1. The summed E-state index contributed by atoms with van der Waals surface area (Å²) in [6, 6.07) is 3.40. The summed E-state index contributed by atoms with van der Waals surface area (Å²) in [5, 5.41) is 2.63. The normalized spacial score (nSPS) is 10.9. The van der Waals surface area contributed by atoms with Crippen LogP contribution in [0.5, 0.6) is 5.88 Å². The Morgan fingerprint density at radius 3 is 2.68 bits per heavy atom. The summed E-state index contributed by atoms with van der Waals surface area (Å²) in [6.07, 6.45) is 1.95. The molecule has 1 rings (SSSR count). The number of amides is 1. The summed E-state index contributed by atoms with van der Waals surface area (Å²) in [4.78, 5) is 27.7. The molecule has 0 aromatic carbocycles. The van der Waals surface area contributed by atoms with Crippen LogP contribution < -0.4 is 10.1 Å². The molecule has 0 radical (unpaired) electrons. The Balaban J connectivity index is 2.39. The molecule has 0 aliphatic carbocycles. The number of nitrogens with one attached hydrogen (secondary N) is 1. The van der Waals surface area contributed by atoms with Crippen molar-refractivity contribution < 1.29 is 19.1 Å². The second-order valence-corrected chi connectivity index (χ2v) is 5.74. The number of carbonyl (C=O) groups excluding carboxylic acids is 2. The molecule has 0 fully saturated rings. The lowest BCUT2D eigenvalue weighted by Crippen LogP contribution is -2.33. The van der Waals surface area contributed by atoms with E-state index in [0.717, 1.165) is 0 Å². The Labute approximate surface area is 131 Å². The first-order valence-corrected chi connectivity index (χ1v) is 7.41. The average molecular weight is 308 g/mol. The van der Waals surface area contributed by atoms with Crippen molar-refractivity contribution in [2.75, 3.05) is 13.2 Å². The molecule has 6 nitrogen and oxygen atoms in total. The molecule has 122 valence electrons. The van der Waals surface area contributed by atoms with Crippen LogP contribution in [-0.4, -0.2) is 35.6 Å². The van der Waals surface area contributed by atoms with Crippen molar-refractivity contribution in [3.05, 3.63) is 23.9 Å². The minimum absolute atomic E-state index is 0.0532. The van der Waals surface area contributed by atoms with Crippen molar-refractivity contribution >= 4 is 11.9 Å². The van der Waals surface area contributed by atoms with Gasteiger partial charge in [0.1, 0.15) is 5.60 Å². The van der Waals surface area contributed by atoms with Gasteiger partial charge in [0.15, 0.2) is 5.78 Å². The number of nitrogens with zero attached hydrogens (tertiary/aromatic N) is 1. The highest BCUT2D eigenvalue weighted by Gasteiger charge is 2.16. The van der Waals surface area contributed by atoms with E-state index in [4.69, 9.17) is 9.47 Å². The Bertz CT molecular complexity index is 509. The van der Waals surface area contributed by atoms with Gasteiger partial charge in [0.05, 0.1) is 12.2 Å². The highest BCUT2D eigenvalue weighted by Crippen LogP contribution is 2.17. The maximum Gasteiger partial charge on any atom is 0.407 e. The summed E-state index contributed by atoms with van der Waals surface area (Å²) in [5.74, 6) is 0.303. The van der Waals surface area contributed by atoms with E-state index in [-0.39, 0.29) is 5.78 Å². The van der Waals surface area contributed by atoms with Crippen LogP contribution in [0.1, 0.15) is 50.9 Å². The standard InChI is InChI=1S/C16H24N2O4/c1-5-21-14-12(8-6-10-17-14)13(19)9-7-11-18-15(20)22-16(2,3)4/h6,8,10H,5,7,9,11H2,1-4H3,(H,18,20). The highest BCUT2D eigenvalue weighted by atomic mass is 16.6. The third-order valence-electron chi connectivity index (χ3n) is 2.60. The van der Waals surface area contributed by atoms with E-state index in [1.54, 1.807) is 39.1 Å². The second kappa shape index (κ2) is 8.36. The number of carbonyl (C=O) groups is 2. The first kappa shape index (κ1) is 17.9. The van der Waals surface area contributed by atoms with Crippen LogP contribution in [0.25, 0.3) is 0 Å². The fraction of sp³-hybridized carbons (Fsp3) is 0.562. The molecule has 1 N–H and O–H groups in total. The van der Waals surface area contributed by atoms with Crippen LogP contribution in [0, 0.1) is 0 Å². The number of pyridine rings is 1. The van der Waals surface area contributed by atoms with Gasteiger partial charge in [-0.3, -0.25) is 4.79 Å². The number of rotatable bonds is 7. The van der Waals surface area contributed by atoms with Crippen molar-refractivity contribution in [2.24, 2.45) is 0 Å². The van der Waals surface area contributed by atoms with Crippen LogP contribution in [0.3, 0.4) is 0 Å². The van der Waals surface area contributed by atoms with Gasteiger partial charge in [-0.1, -0.05) is 0 Å². The van der Waals surface area contributed by atoms with E-state index in [0.29, 0.717) is 37.4 Å². The van der Waals surface area contributed by atoms with Gasteiger partial charge in [-0.05, 0) is 46.2 Å². The molecular formula is C16H24N2O4. The summed E-state index contributed by atoms with van der Waals surface area (Å²) < 4.78 is 10.5. The van der Waals surface area contributed by atoms with E-state index >= 15 is 0 Å². The SMILES string of the molecule is CCOc1ncccc1C(=O)CCCNC(=O)OC(C)(C)C. The molecule has 1 amide bonds. The van der Waals surface area contributed by atoms with Gasteiger partial charge < -0.3 is 14.8 Å². The van der Waals surface area contributed by atoms with Crippen LogP contribution in [0.2, 0.25) is 0 Å². The summed E-state index contributed by atoms with van der Waals surface area (Å²) in [7, 11) is 0. The Morgan fingerprint density at radius 2 is 2.05 bits per heavy atom. The first-order chi connectivity index (χ1) is 10.3. The van der Waals surface area contributed by atoms with Crippen LogP contribution in [0.15, 0.2) is 18.3 Å². The monoisotopic (exact) mass is 308 g/mol. The van der Waals surface area contributed by atoms with Gasteiger partial charge in [-0.15, -0.1) is 0 Å². The van der Waals surface area contributed by atoms with Gasteiger partial charge in [-0.2, -0.15) is 0 Å². The number of hydrogen-bond donors (Lipinski definition) is 1. The molecule has 0 saturated heterocycles. The molecule has 0 atom stereocenters. The molecular weight excluding hydrogens is 284 g/mol. The third-order valence-corrected chi connectivity index (χ3v) is 2.60. The molecule has 0 saturated carbocycles. The molecule has 22 heavy (non-hydrogen) atoms. The molecule has 1 heterocycles. The van der Waals surface area contributed by atoms with E-state index in [1.807, 2.05) is 6.92 Å². The van der Waals surface area contributed by atoms with Gasteiger partial charge >= 0.3 is 6.09 Å². The van der Waals surface area contributed by atoms with Crippen molar-refractivity contribution in [1.29, 1.82) is 0 Å². The van der Waals surface area contributed by atoms with Crippen molar-refractivity contribution in [2.45, 2.75) is 46.1 Å². The first-order valence-electron chi connectivity index (χ1n) is 7.41. The summed E-state index contributed by atoms with van der Waals surface area (Å²) >= 11 is 0. The molecule has 0 unspecified atom stereocenters. The minimum Gasteiger partial charge on any atom is -0.477 e. The zero-order valence-corrected chi connectivity index (χ0v) is 13.6. The minimum atomic E-state index is -0.526. The third kappa shape index (κ3) is 6.56. The van der Waals surface area contributed by atoms with Crippen molar-refractivity contribution in [3.8, 4) is 5.88 Å². The van der Waals surface area contributed by atoms with Crippen LogP contribution >= 0.6 is 0 Å². The number of ether oxygens (including phenoxy) is 2. The van der Waals surface area contributed by atoms with E-state index in [9.17, 15) is 9.59 Å². The molecule has 0 spiro atoms. The van der Waals surface area contributed by atoms with E-state index in [2.05, 4.69) is 10.3 Å². The number of alkyl carbamates (subject to hydrolysis) is 1. The number of Topliss-reactive ketones (excluding diaryl/α,β-unsaturated/α-hetero) is 1. The smallest absolute Gasteiger partial charge is 0.407 e. The Morgan fingerprint density at radius 1 is 1.32 bits per heavy atom. The second-order valence-electron chi connectivity index (χ2n) is 5.74. The summed E-state index contributed by atoms with van der Waals surface area (Å²) in [5.41, 5.74) is -0.0521. The van der Waals surface area contributed by atoms with Crippen LogP contribution in [-0.2, 0) is 4.74 Å². The summed E-state index contributed by atoms with van der Waals surface area (Å²) in [6.45, 7) is 8.07. The Kier molecular flexibility index (Phi) is 6.82. The van der Waals surface area contributed by atoms with Gasteiger partial charge in [0.25, 0.3) is 0 Å². The predicted molar refractivity (Wildman–Crippen MR) is 83.2 cm³/mol. The van der Waals surface area contributed by atoms with Gasteiger partial charge in [0, 0.05) is 19.2 Å². The van der Waals surface area contributed by atoms with E-state index in [1.165, 1.54) is 0 Å². The largest absolute Gasteiger partial charge is 0.477 e. The molecule has 0 aliphatic heterocycles. The van der Waals surface area contributed by atoms with Gasteiger partial charge in [0.2, 0.25) is 5.88 Å². The average Bonchev–Trinajstić information content (AvgIpc) is 2.42. The lowest BCUT2D eigenvalue weighted by atomic mass is 10.1. The van der Waals surface area contributed by atoms with Crippen molar-refractivity contribution in [3.63, 3.8) is 0 Å². The quantitative estimate of drug-likeness (QED) is 0.619.